The number of nitrogens with zero attached hydrogens (tertiary/aromatic N) is 2. The highest BCUT2D eigenvalue weighted by atomic mass is 32.2. The van der Waals surface area contributed by atoms with Gasteiger partial charge in [-0.2, -0.15) is 4.31 Å². The minimum Gasteiger partial charge on any atom is -0.465 e. The largest absolute Gasteiger partial charge is 0.465 e. The van der Waals surface area contributed by atoms with Gasteiger partial charge < -0.3 is 9.30 Å². The summed E-state index contributed by atoms with van der Waals surface area (Å²) in [6.07, 6.45) is 1.94. The van der Waals surface area contributed by atoms with Crippen LogP contribution in [0, 0.1) is 0 Å². The second kappa shape index (κ2) is 5.82. The van der Waals surface area contributed by atoms with E-state index >= 15 is 0 Å². The third-order valence-electron chi connectivity index (χ3n) is 4.16. The summed E-state index contributed by atoms with van der Waals surface area (Å²) in [6, 6.07) is 9.67. The number of carbonyl (C=O) groups is 1. The van der Waals surface area contributed by atoms with Crippen molar-refractivity contribution in [1.82, 2.24) is 8.87 Å². The number of rotatable bonds is 3. The molecule has 0 fully saturated rings. The Kier molecular flexibility index (Phi) is 3.99. The normalized spacial score (nSPS) is 18.4. The molecule has 0 unspecified atom stereocenters. The van der Waals surface area contributed by atoms with Crippen LogP contribution >= 0.6 is 0 Å². The minimum absolute atomic E-state index is 0.0151. The smallest absolute Gasteiger partial charge is 0.339 e. The summed E-state index contributed by atoms with van der Waals surface area (Å²) in [4.78, 5) is 11.9. The number of carbonyl (C=O) groups excluding carboxylic acids is 1. The fraction of sp³-hybridized carbons (Fsp3) is 0.312. The zero-order valence-corrected chi connectivity index (χ0v) is 13.8. The highest BCUT2D eigenvalue weighted by molar-refractivity contribution is 7.89. The molecule has 0 N–H and O–H groups in total. The summed E-state index contributed by atoms with van der Waals surface area (Å²) in [7, 11) is -2.56. The van der Waals surface area contributed by atoms with E-state index in [9.17, 15) is 13.2 Å². The molecule has 23 heavy (non-hydrogen) atoms. The predicted octanol–water partition coefficient (Wildman–Crippen LogP) is 2.04. The van der Waals surface area contributed by atoms with Crippen LogP contribution in [-0.2, 0) is 21.3 Å². The Morgan fingerprint density at radius 1 is 1.17 bits per heavy atom. The van der Waals surface area contributed by atoms with Crippen LogP contribution in [0.25, 0.3) is 0 Å². The third-order valence-corrected chi connectivity index (χ3v) is 6.19. The molecule has 1 atom stereocenters. The van der Waals surface area contributed by atoms with Crippen molar-refractivity contribution in [2.75, 3.05) is 13.7 Å². The first kappa shape index (κ1) is 15.8. The van der Waals surface area contributed by atoms with E-state index < -0.39 is 16.0 Å². The standard InChI is InChI=1S/C16H18N2O4S/c1-12-14-7-5-9-17(14)10-11-18(12)23(20,21)15-8-4-3-6-13(15)16(19)22-2/h3-9,12H,10-11H2,1-2H3/t12-/m1/s1. The fourth-order valence-corrected chi connectivity index (χ4v) is 4.76. The number of hydrogen-bond donors (Lipinski definition) is 0. The first-order chi connectivity index (χ1) is 11.0. The third kappa shape index (κ3) is 2.55. The number of hydrogen-bond acceptors (Lipinski definition) is 4. The quantitative estimate of drug-likeness (QED) is 0.806. The van der Waals surface area contributed by atoms with Crippen molar-refractivity contribution in [1.29, 1.82) is 0 Å². The molecule has 0 radical (unpaired) electrons. The Morgan fingerprint density at radius 2 is 1.91 bits per heavy atom. The van der Waals surface area contributed by atoms with E-state index in [0.717, 1.165) is 5.69 Å². The van der Waals surface area contributed by atoms with Gasteiger partial charge in [0, 0.05) is 25.0 Å². The van der Waals surface area contributed by atoms with E-state index in [0.29, 0.717) is 13.1 Å². The van der Waals surface area contributed by atoms with Crippen molar-refractivity contribution >= 4 is 16.0 Å². The van der Waals surface area contributed by atoms with Crippen molar-refractivity contribution in [3.8, 4) is 0 Å². The average Bonchev–Trinajstić information content (AvgIpc) is 3.03. The summed E-state index contributed by atoms with van der Waals surface area (Å²) in [6.45, 7) is 2.80. The van der Waals surface area contributed by atoms with Gasteiger partial charge in [0.2, 0.25) is 10.0 Å². The van der Waals surface area contributed by atoms with E-state index in [1.165, 1.54) is 23.5 Å². The molecule has 0 aliphatic carbocycles. The molecule has 0 saturated heterocycles. The molecule has 1 aromatic heterocycles. The van der Waals surface area contributed by atoms with Gasteiger partial charge in [0.15, 0.2) is 0 Å². The molecule has 7 heteroatoms. The van der Waals surface area contributed by atoms with E-state index in [-0.39, 0.29) is 16.5 Å². The lowest BCUT2D eigenvalue weighted by Gasteiger charge is -2.34. The Hall–Kier alpha value is -2.12. The maximum Gasteiger partial charge on any atom is 0.339 e. The summed E-state index contributed by atoms with van der Waals surface area (Å²) in [5.41, 5.74) is 0.999. The van der Waals surface area contributed by atoms with E-state index in [1.54, 1.807) is 12.1 Å². The van der Waals surface area contributed by atoms with Gasteiger partial charge in [-0.15, -0.1) is 0 Å². The average molecular weight is 334 g/mol. The summed E-state index contributed by atoms with van der Waals surface area (Å²) >= 11 is 0. The number of sulfonamides is 1. The Morgan fingerprint density at radius 3 is 2.65 bits per heavy atom. The Balaban J connectivity index is 2.05. The van der Waals surface area contributed by atoms with Crippen LogP contribution in [0.5, 0.6) is 0 Å². The number of esters is 1. The second-order valence-corrected chi connectivity index (χ2v) is 7.26. The van der Waals surface area contributed by atoms with Gasteiger partial charge >= 0.3 is 5.97 Å². The maximum absolute atomic E-state index is 13.1. The molecular weight excluding hydrogens is 316 g/mol. The molecule has 1 aliphatic heterocycles. The number of ether oxygens (including phenoxy) is 1. The van der Waals surface area contributed by atoms with Crippen molar-refractivity contribution in [2.24, 2.45) is 0 Å². The van der Waals surface area contributed by atoms with Crippen LogP contribution in [0.1, 0.15) is 29.0 Å². The topological polar surface area (TPSA) is 68.6 Å². The van der Waals surface area contributed by atoms with Crippen molar-refractivity contribution in [3.05, 3.63) is 53.9 Å². The van der Waals surface area contributed by atoms with Gasteiger partial charge in [0.25, 0.3) is 0 Å². The van der Waals surface area contributed by atoms with Gasteiger partial charge in [-0.1, -0.05) is 12.1 Å². The first-order valence-corrected chi connectivity index (χ1v) is 8.75. The fourth-order valence-electron chi connectivity index (χ4n) is 2.98. The maximum atomic E-state index is 13.1. The SMILES string of the molecule is COC(=O)c1ccccc1S(=O)(=O)N1CCn2cccc2[C@H]1C. The molecule has 0 bridgehead atoms. The molecule has 1 aromatic carbocycles. The Labute approximate surface area is 135 Å². The monoisotopic (exact) mass is 334 g/mol. The minimum atomic E-state index is -3.80. The van der Waals surface area contributed by atoms with Gasteiger partial charge in [-0.25, -0.2) is 13.2 Å². The zero-order valence-electron chi connectivity index (χ0n) is 13.0. The highest BCUT2D eigenvalue weighted by Gasteiger charge is 2.36. The molecule has 2 heterocycles. The lowest BCUT2D eigenvalue weighted by molar-refractivity contribution is 0.0596. The van der Waals surface area contributed by atoms with Gasteiger partial charge in [0.05, 0.1) is 23.6 Å². The zero-order chi connectivity index (χ0) is 16.6. The number of methoxy groups -OCH3 is 1. The lowest BCUT2D eigenvalue weighted by Crippen LogP contribution is -2.41. The van der Waals surface area contributed by atoms with Gasteiger partial charge in [-0.05, 0) is 31.2 Å². The highest BCUT2D eigenvalue weighted by Crippen LogP contribution is 2.32. The molecule has 2 aromatic rings. The van der Waals surface area contributed by atoms with Gasteiger partial charge in [-0.3, -0.25) is 0 Å². The van der Waals surface area contributed by atoms with E-state index in [4.69, 9.17) is 4.74 Å². The van der Waals surface area contributed by atoms with Crippen LogP contribution in [0.2, 0.25) is 0 Å². The van der Waals surface area contributed by atoms with Crippen LogP contribution in [0.15, 0.2) is 47.5 Å². The molecule has 3 rings (SSSR count). The first-order valence-electron chi connectivity index (χ1n) is 7.31. The molecule has 122 valence electrons. The van der Waals surface area contributed by atoms with Crippen molar-refractivity contribution in [3.63, 3.8) is 0 Å². The second-order valence-electron chi connectivity index (χ2n) is 5.41. The van der Waals surface area contributed by atoms with E-state index in [2.05, 4.69) is 0 Å². The summed E-state index contributed by atoms with van der Waals surface area (Å²) < 4.78 is 34.3. The van der Waals surface area contributed by atoms with Crippen LogP contribution in [0.3, 0.4) is 0 Å². The lowest BCUT2D eigenvalue weighted by atomic mass is 10.2. The summed E-state index contributed by atoms with van der Waals surface area (Å²) in [5, 5.41) is 0. The molecular formula is C16H18N2O4S. The summed E-state index contributed by atoms with van der Waals surface area (Å²) in [5.74, 6) is -0.655. The van der Waals surface area contributed by atoms with Gasteiger partial charge in [0.1, 0.15) is 0 Å². The van der Waals surface area contributed by atoms with Crippen molar-refractivity contribution < 1.29 is 17.9 Å². The Bertz CT molecular complexity index is 841. The molecule has 0 saturated carbocycles. The number of fused-ring (bicyclic) bond motifs is 1. The molecule has 0 amide bonds. The van der Waals surface area contributed by atoms with E-state index in [1.807, 2.05) is 29.8 Å². The van der Waals surface area contributed by atoms with Crippen LogP contribution in [-0.4, -0.2) is 36.9 Å². The predicted molar refractivity (Wildman–Crippen MR) is 84.5 cm³/mol. The van der Waals surface area contributed by atoms with Crippen molar-refractivity contribution in [2.45, 2.75) is 24.4 Å². The van der Waals surface area contributed by atoms with Crippen LogP contribution in [0.4, 0.5) is 0 Å². The molecule has 6 nitrogen and oxygen atoms in total. The number of benzene rings is 1. The molecule has 1 aliphatic rings. The van der Waals surface area contributed by atoms with Crippen LogP contribution < -0.4 is 0 Å². The number of aromatic nitrogens is 1. The molecule has 0 spiro atoms.